The van der Waals surface area contributed by atoms with Gasteiger partial charge in [-0.15, -0.1) is 0 Å². The lowest BCUT2D eigenvalue weighted by molar-refractivity contribution is 0.795. The predicted molar refractivity (Wildman–Crippen MR) is 67.4 cm³/mol. The second kappa shape index (κ2) is 4.97. The van der Waals surface area contributed by atoms with Gasteiger partial charge in [-0.25, -0.2) is 0 Å². The summed E-state index contributed by atoms with van der Waals surface area (Å²) in [4.78, 5) is 0. The molecule has 0 saturated heterocycles. The van der Waals surface area contributed by atoms with E-state index in [2.05, 4.69) is 47.5 Å². The molecule has 1 heterocycles. The Labute approximate surface area is 96.7 Å². The molecule has 1 aromatic heterocycles. The Hall–Kier alpha value is -1.57. The number of nitrogens with zero attached hydrogens (tertiary/aromatic N) is 1. The summed E-state index contributed by atoms with van der Waals surface area (Å²) < 4.78 is 0. The molecule has 0 radical (unpaired) electrons. The third-order valence-corrected chi connectivity index (χ3v) is 2.77. The van der Waals surface area contributed by atoms with E-state index in [1.165, 1.54) is 30.4 Å². The Bertz CT molecular complexity index is 440. The number of aromatic amines is 1. The van der Waals surface area contributed by atoms with Crippen LogP contribution in [0.25, 0.3) is 11.3 Å². The van der Waals surface area contributed by atoms with E-state index in [0.29, 0.717) is 0 Å². The molecule has 2 nitrogen and oxygen atoms in total. The largest absolute Gasteiger partial charge is 0.282 e. The summed E-state index contributed by atoms with van der Waals surface area (Å²) in [6, 6.07) is 10.8. The number of aryl methyl sites for hydroxylation is 2. The average Bonchev–Trinajstić information content (AvgIpc) is 2.74. The van der Waals surface area contributed by atoms with Crippen molar-refractivity contribution in [3.63, 3.8) is 0 Å². The monoisotopic (exact) mass is 214 g/mol. The molecule has 84 valence electrons. The number of benzene rings is 1. The van der Waals surface area contributed by atoms with Crippen LogP contribution in [0.15, 0.2) is 30.3 Å². The predicted octanol–water partition coefficient (Wildman–Crippen LogP) is 3.73. The Morgan fingerprint density at radius 2 is 1.94 bits per heavy atom. The second-order valence-corrected chi connectivity index (χ2v) is 4.24. The molecule has 0 bridgehead atoms. The summed E-state index contributed by atoms with van der Waals surface area (Å²) in [5, 5.41) is 7.22. The van der Waals surface area contributed by atoms with Gasteiger partial charge in [0.1, 0.15) is 0 Å². The SMILES string of the molecule is CCCCc1ccc(-c2cc(C)[nH]n2)cc1. The van der Waals surface area contributed by atoms with Crippen LogP contribution in [0, 0.1) is 6.92 Å². The first-order valence-electron chi connectivity index (χ1n) is 5.91. The molecule has 0 aliphatic rings. The van der Waals surface area contributed by atoms with Gasteiger partial charge >= 0.3 is 0 Å². The first-order valence-corrected chi connectivity index (χ1v) is 5.91. The minimum atomic E-state index is 1.03. The lowest BCUT2D eigenvalue weighted by Crippen LogP contribution is -1.85. The Morgan fingerprint density at radius 1 is 1.19 bits per heavy atom. The van der Waals surface area contributed by atoms with Gasteiger partial charge in [-0.1, -0.05) is 37.6 Å². The molecule has 16 heavy (non-hydrogen) atoms. The van der Waals surface area contributed by atoms with Crippen LogP contribution < -0.4 is 0 Å². The quantitative estimate of drug-likeness (QED) is 0.825. The summed E-state index contributed by atoms with van der Waals surface area (Å²) in [5.41, 5.74) is 4.73. The first-order chi connectivity index (χ1) is 7.79. The number of hydrogen-bond donors (Lipinski definition) is 1. The maximum absolute atomic E-state index is 4.25. The molecule has 1 aromatic carbocycles. The van der Waals surface area contributed by atoms with Crippen molar-refractivity contribution in [2.75, 3.05) is 0 Å². The van der Waals surface area contributed by atoms with E-state index < -0.39 is 0 Å². The number of H-pyrrole nitrogens is 1. The highest BCUT2D eigenvalue weighted by Gasteiger charge is 2.01. The molecule has 0 atom stereocenters. The molecule has 1 N–H and O–H groups in total. The van der Waals surface area contributed by atoms with Gasteiger partial charge < -0.3 is 0 Å². The topological polar surface area (TPSA) is 28.7 Å². The van der Waals surface area contributed by atoms with E-state index >= 15 is 0 Å². The maximum Gasteiger partial charge on any atom is 0.0923 e. The molecule has 0 spiro atoms. The molecule has 2 aromatic rings. The third kappa shape index (κ3) is 2.51. The normalized spacial score (nSPS) is 10.6. The van der Waals surface area contributed by atoms with Gasteiger partial charge in [-0.2, -0.15) is 5.10 Å². The van der Waals surface area contributed by atoms with Crippen LogP contribution in [-0.2, 0) is 6.42 Å². The van der Waals surface area contributed by atoms with E-state index in [1.807, 2.05) is 6.92 Å². The zero-order valence-corrected chi connectivity index (χ0v) is 9.96. The van der Waals surface area contributed by atoms with Gasteiger partial charge in [-0.05, 0) is 31.4 Å². The van der Waals surface area contributed by atoms with Crippen molar-refractivity contribution in [1.82, 2.24) is 10.2 Å². The van der Waals surface area contributed by atoms with Crippen LogP contribution >= 0.6 is 0 Å². The summed E-state index contributed by atoms with van der Waals surface area (Å²) in [6.45, 7) is 4.24. The third-order valence-electron chi connectivity index (χ3n) is 2.77. The van der Waals surface area contributed by atoms with E-state index in [4.69, 9.17) is 0 Å². The van der Waals surface area contributed by atoms with Gasteiger partial charge in [0.2, 0.25) is 0 Å². The lowest BCUT2D eigenvalue weighted by Gasteiger charge is -2.01. The molecule has 2 heteroatoms. The zero-order chi connectivity index (χ0) is 11.4. The van der Waals surface area contributed by atoms with Crippen LogP contribution in [-0.4, -0.2) is 10.2 Å². The van der Waals surface area contributed by atoms with Crippen molar-refractivity contribution in [1.29, 1.82) is 0 Å². The lowest BCUT2D eigenvalue weighted by atomic mass is 10.0. The van der Waals surface area contributed by atoms with E-state index in [-0.39, 0.29) is 0 Å². The van der Waals surface area contributed by atoms with Crippen molar-refractivity contribution < 1.29 is 0 Å². The highest BCUT2D eigenvalue weighted by atomic mass is 15.1. The van der Waals surface area contributed by atoms with Crippen molar-refractivity contribution in [2.45, 2.75) is 33.1 Å². The van der Waals surface area contributed by atoms with Gasteiger partial charge in [0.15, 0.2) is 0 Å². The molecule has 0 aliphatic carbocycles. The standard InChI is InChI=1S/C14H18N2/c1-3-4-5-12-6-8-13(9-7-12)14-10-11(2)15-16-14/h6-10H,3-5H2,1-2H3,(H,15,16). The fourth-order valence-corrected chi connectivity index (χ4v) is 1.79. The molecule has 0 aliphatic heterocycles. The summed E-state index contributed by atoms with van der Waals surface area (Å²) in [7, 11) is 0. The Morgan fingerprint density at radius 3 is 2.50 bits per heavy atom. The van der Waals surface area contributed by atoms with Crippen molar-refractivity contribution in [3.05, 3.63) is 41.6 Å². The van der Waals surface area contributed by atoms with E-state index in [9.17, 15) is 0 Å². The van der Waals surface area contributed by atoms with Crippen LogP contribution in [0.4, 0.5) is 0 Å². The molecule has 0 fully saturated rings. The van der Waals surface area contributed by atoms with Crippen LogP contribution in [0.2, 0.25) is 0 Å². The van der Waals surface area contributed by atoms with Crippen molar-refractivity contribution in [3.8, 4) is 11.3 Å². The van der Waals surface area contributed by atoms with Gasteiger partial charge in [-0.3, -0.25) is 5.10 Å². The second-order valence-electron chi connectivity index (χ2n) is 4.24. The van der Waals surface area contributed by atoms with Gasteiger partial charge in [0, 0.05) is 11.3 Å². The summed E-state index contributed by atoms with van der Waals surface area (Å²) in [5.74, 6) is 0. The molecule has 0 saturated carbocycles. The number of rotatable bonds is 4. The van der Waals surface area contributed by atoms with Gasteiger partial charge in [0.05, 0.1) is 5.69 Å². The van der Waals surface area contributed by atoms with Crippen molar-refractivity contribution in [2.24, 2.45) is 0 Å². The highest BCUT2D eigenvalue weighted by molar-refractivity contribution is 5.59. The number of aromatic nitrogens is 2. The van der Waals surface area contributed by atoms with E-state index in [1.54, 1.807) is 0 Å². The van der Waals surface area contributed by atoms with Crippen LogP contribution in [0.5, 0.6) is 0 Å². The smallest absolute Gasteiger partial charge is 0.0923 e. The zero-order valence-electron chi connectivity index (χ0n) is 9.96. The minimum absolute atomic E-state index is 1.03. The average molecular weight is 214 g/mol. The number of unbranched alkanes of at least 4 members (excludes halogenated alkanes) is 1. The molecular formula is C14H18N2. The van der Waals surface area contributed by atoms with Crippen LogP contribution in [0.1, 0.15) is 31.0 Å². The summed E-state index contributed by atoms with van der Waals surface area (Å²) >= 11 is 0. The molecular weight excluding hydrogens is 196 g/mol. The maximum atomic E-state index is 4.25. The Balaban J connectivity index is 2.13. The Kier molecular flexibility index (Phi) is 3.40. The molecule has 0 unspecified atom stereocenters. The molecule has 2 rings (SSSR count). The van der Waals surface area contributed by atoms with Crippen molar-refractivity contribution >= 4 is 0 Å². The minimum Gasteiger partial charge on any atom is -0.282 e. The van der Waals surface area contributed by atoms with E-state index in [0.717, 1.165) is 11.4 Å². The van der Waals surface area contributed by atoms with Crippen LogP contribution in [0.3, 0.4) is 0 Å². The highest BCUT2D eigenvalue weighted by Crippen LogP contribution is 2.18. The molecule has 0 amide bonds. The first kappa shape index (κ1) is 10.9. The van der Waals surface area contributed by atoms with Gasteiger partial charge in [0.25, 0.3) is 0 Å². The fourth-order valence-electron chi connectivity index (χ4n) is 1.79. The summed E-state index contributed by atoms with van der Waals surface area (Å²) in [6.07, 6.45) is 3.69. The fraction of sp³-hybridized carbons (Fsp3) is 0.357. The number of nitrogens with one attached hydrogen (secondary N) is 1. The number of hydrogen-bond acceptors (Lipinski definition) is 1.